The molecule has 0 spiro atoms. The number of aromatic nitrogens is 1. The van der Waals surface area contributed by atoms with Gasteiger partial charge in [-0.2, -0.15) is 0 Å². The summed E-state index contributed by atoms with van der Waals surface area (Å²) in [4.78, 5) is 43.3. The highest BCUT2D eigenvalue weighted by atomic mass is 32.1. The van der Waals surface area contributed by atoms with Crippen LogP contribution in [0.25, 0.3) is 0 Å². The molecule has 0 unspecified atom stereocenters. The van der Waals surface area contributed by atoms with Crippen LogP contribution in [0.1, 0.15) is 38.8 Å². The first-order chi connectivity index (χ1) is 14.5. The average molecular weight is 432 g/mol. The minimum absolute atomic E-state index is 0.0620. The molecule has 2 heterocycles. The first-order valence-electron chi connectivity index (χ1n) is 9.74. The molecule has 1 aromatic heterocycles. The molecule has 2 amide bonds. The Morgan fingerprint density at radius 3 is 2.53 bits per heavy atom. The van der Waals surface area contributed by atoms with E-state index >= 15 is 0 Å². The van der Waals surface area contributed by atoms with Gasteiger partial charge in [0.1, 0.15) is 5.75 Å². The van der Waals surface area contributed by atoms with Crippen molar-refractivity contribution in [2.24, 2.45) is 0 Å². The lowest BCUT2D eigenvalue weighted by molar-refractivity contribution is -0.143. The molecule has 1 aromatic carbocycles. The first-order valence-corrected chi connectivity index (χ1v) is 10.6. The number of rotatable bonds is 7. The number of methoxy groups -OCH3 is 2. The summed E-state index contributed by atoms with van der Waals surface area (Å²) in [5.74, 6) is 0.124. The van der Waals surface area contributed by atoms with Crippen molar-refractivity contribution in [3.63, 3.8) is 0 Å². The fourth-order valence-electron chi connectivity index (χ4n) is 3.18. The fourth-order valence-corrected chi connectivity index (χ4v) is 4.19. The van der Waals surface area contributed by atoms with E-state index in [1.807, 2.05) is 24.3 Å². The number of amides is 2. The second-order valence-corrected chi connectivity index (χ2v) is 7.96. The van der Waals surface area contributed by atoms with Crippen LogP contribution >= 0.6 is 11.3 Å². The van der Waals surface area contributed by atoms with Crippen molar-refractivity contribution in [2.75, 3.05) is 27.3 Å². The number of fused-ring (bicyclic) bond motifs is 1. The van der Waals surface area contributed by atoms with Crippen LogP contribution in [0.4, 0.5) is 0 Å². The van der Waals surface area contributed by atoms with Crippen LogP contribution < -0.4 is 10.1 Å². The lowest BCUT2D eigenvalue weighted by Crippen LogP contribution is -2.33. The Morgan fingerprint density at radius 1 is 1.10 bits per heavy atom. The quantitative estimate of drug-likeness (QED) is 0.673. The molecule has 30 heavy (non-hydrogen) atoms. The van der Waals surface area contributed by atoms with Crippen LogP contribution in [-0.4, -0.2) is 55.0 Å². The topological polar surface area (TPSA) is 97.8 Å². The van der Waals surface area contributed by atoms with Gasteiger partial charge in [0, 0.05) is 43.8 Å². The third-order valence-corrected chi connectivity index (χ3v) is 6.09. The van der Waals surface area contributed by atoms with Crippen molar-refractivity contribution in [1.29, 1.82) is 0 Å². The summed E-state index contributed by atoms with van der Waals surface area (Å²) in [6.07, 6.45) is 1.49. The van der Waals surface area contributed by atoms with E-state index in [1.54, 1.807) is 12.0 Å². The van der Waals surface area contributed by atoms with E-state index in [0.717, 1.165) is 21.9 Å². The van der Waals surface area contributed by atoms with Crippen LogP contribution in [0.15, 0.2) is 24.3 Å². The molecule has 8 nitrogen and oxygen atoms in total. The van der Waals surface area contributed by atoms with Crippen LogP contribution in [0.5, 0.6) is 5.75 Å². The number of benzene rings is 1. The predicted molar refractivity (Wildman–Crippen MR) is 112 cm³/mol. The summed E-state index contributed by atoms with van der Waals surface area (Å²) in [6, 6.07) is 7.51. The lowest BCUT2D eigenvalue weighted by atomic mass is 10.2. The number of esters is 1. The van der Waals surface area contributed by atoms with Crippen LogP contribution in [0, 0.1) is 0 Å². The maximum absolute atomic E-state index is 12.5. The van der Waals surface area contributed by atoms with Gasteiger partial charge >= 0.3 is 5.97 Å². The third kappa shape index (κ3) is 5.56. The van der Waals surface area contributed by atoms with Gasteiger partial charge in [-0.15, -0.1) is 11.3 Å². The SMILES string of the molecule is COC(=O)CCC(=O)N1CCc2nc(C(=O)NCc3ccc(OC)cc3)sc2CC1. The summed E-state index contributed by atoms with van der Waals surface area (Å²) in [6.45, 7) is 1.50. The van der Waals surface area contributed by atoms with Gasteiger partial charge in [-0.1, -0.05) is 12.1 Å². The molecule has 1 aliphatic heterocycles. The highest BCUT2D eigenvalue weighted by Gasteiger charge is 2.23. The Kier molecular flexibility index (Phi) is 7.40. The molecule has 1 aliphatic rings. The van der Waals surface area contributed by atoms with Crippen LogP contribution in [-0.2, 0) is 33.7 Å². The Morgan fingerprint density at radius 2 is 1.83 bits per heavy atom. The third-order valence-electron chi connectivity index (χ3n) is 4.94. The van der Waals surface area contributed by atoms with Gasteiger partial charge in [0.25, 0.3) is 5.91 Å². The number of thiazole rings is 1. The van der Waals surface area contributed by atoms with E-state index in [4.69, 9.17) is 4.74 Å². The van der Waals surface area contributed by atoms with E-state index in [0.29, 0.717) is 37.5 Å². The summed E-state index contributed by atoms with van der Waals surface area (Å²) in [7, 11) is 2.92. The minimum atomic E-state index is -0.385. The van der Waals surface area contributed by atoms with Gasteiger partial charge in [0.05, 0.1) is 26.3 Å². The van der Waals surface area contributed by atoms with E-state index in [1.165, 1.54) is 18.4 Å². The summed E-state index contributed by atoms with van der Waals surface area (Å²) in [5, 5.41) is 3.34. The second-order valence-electron chi connectivity index (χ2n) is 6.88. The largest absolute Gasteiger partial charge is 0.497 e. The fraction of sp³-hybridized carbons (Fsp3) is 0.429. The zero-order chi connectivity index (χ0) is 21.5. The van der Waals surface area contributed by atoms with Gasteiger partial charge in [-0.25, -0.2) is 4.98 Å². The molecule has 0 aliphatic carbocycles. The normalized spacial score (nSPS) is 13.2. The van der Waals surface area contributed by atoms with Gasteiger partial charge in [0.2, 0.25) is 5.91 Å². The van der Waals surface area contributed by atoms with Crippen molar-refractivity contribution in [3.8, 4) is 5.75 Å². The molecule has 9 heteroatoms. The Bertz CT molecular complexity index is 884. The van der Waals surface area contributed by atoms with E-state index in [9.17, 15) is 14.4 Å². The highest BCUT2D eigenvalue weighted by Crippen LogP contribution is 2.23. The van der Waals surface area contributed by atoms with Crippen LogP contribution in [0.3, 0.4) is 0 Å². The maximum Gasteiger partial charge on any atom is 0.306 e. The van der Waals surface area contributed by atoms with Gasteiger partial charge < -0.3 is 19.7 Å². The molecular formula is C21H25N3O5S. The van der Waals surface area contributed by atoms with Gasteiger partial charge in [0.15, 0.2) is 5.01 Å². The van der Waals surface area contributed by atoms with Crippen molar-refractivity contribution in [3.05, 3.63) is 45.4 Å². The molecule has 160 valence electrons. The molecule has 1 N–H and O–H groups in total. The Labute approximate surface area is 179 Å². The predicted octanol–water partition coefficient (Wildman–Crippen LogP) is 1.96. The second kappa shape index (κ2) is 10.2. The van der Waals surface area contributed by atoms with Crippen molar-refractivity contribution in [1.82, 2.24) is 15.2 Å². The van der Waals surface area contributed by atoms with Gasteiger partial charge in [-0.05, 0) is 17.7 Å². The Balaban J connectivity index is 1.52. The molecule has 2 aromatic rings. The number of hydrogen-bond acceptors (Lipinski definition) is 7. The average Bonchev–Trinajstić information content (AvgIpc) is 3.08. The number of nitrogens with one attached hydrogen (secondary N) is 1. The van der Waals surface area contributed by atoms with E-state index < -0.39 is 0 Å². The van der Waals surface area contributed by atoms with E-state index in [-0.39, 0.29) is 30.6 Å². The number of carbonyl (C=O) groups excluding carboxylic acids is 3. The minimum Gasteiger partial charge on any atom is -0.497 e. The number of nitrogens with zero attached hydrogens (tertiary/aromatic N) is 2. The zero-order valence-electron chi connectivity index (χ0n) is 17.1. The summed E-state index contributed by atoms with van der Waals surface area (Å²) < 4.78 is 9.71. The maximum atomic E-state index is 12.5. The molecule has 3 rings (SSSR count). The lowest BCUT2D eigenvalue weighted by Gasteiger charge is -2.19. The smallest absolute Gasteiger partial charge is 0.306 e. The molecular weight excluding hydrogens is 406 g/mol. The van der Waals surface area contributed by atoms with Crippen molar-refractivity contribution < 1.29 is 23.9 Å². The van der Waals surface area contributed by atoms with Crippen molar-refractivity contribution >= 4 is 29.1 Å². The molecule has 0 bridgehead atoms. The van der Waals surface area contributed by atoms with Crippen molar-refractivity contribution in [2.45, 2.75) is 32.2 Å². The monoisotopic (exact) mass is 431 g/mol. The molecule has 0 radical (unpaired) electrons. The molecule has 0 saturated heterocycles. The number of ether oxygens (including phenoxy) is 2. The van der Waals surface area contributed by atoms with Gasteiger partial charge in [-0.3, -0.25) is 14.4 Å². The molecule has 0 atom stereocenters. The highest BCUT2D eigenvalue weighted by molar-refractivity contribution is 7.13. The molecule has 0 saturated carbocycles. The standard InChI is InChI=1S/C21H25N3O5S/c1-28-15-5-3-14(4-6-15)13-22-20(27)21-23-16-9-11-24(12-10-17(16)30-21)18(25)7-8-19(26)29-2/h3-6H,7-13H2,1-2H3,(H,22,27). The zero-order valence-corrected chi connectivity index (χ0v) is 17.9. The first kappa shape index (κ1) is 21.8. The Hall–Kier alpha value is -2.94. The molecule has 0 fully saturated rings. The summed E-state index contributed by atoms with van der Waals surface area (Å²) in [5.41, 5.74) is 1.85. The van der Waals surface area contributed by atoms with E-state index in [2.05, 4.69) is 15.0 Å². The van der Waals surface area contributed by atoms with Crippen LogP contribution in [0.2, 0.25) is 0 Å². The number of hydrogen-bond donors (Lipinski definition) is 1. The number of carbonyl (C=O) groups is 3. The summed E-state index contributed by atoms with van der Waals surface area (Å²) >= 11 is 1.38.